The molecule has 4 fully saturated rings. The fraction of sp³-hybridized carbons (Fsp3) is 0.407. The number of para-hydroxylation sites is 2. The number of imide groups is 1. The summed E-state index contributed by atoms with van der Waals surface area (Å²) in [5.74, 6) is -0.243. The number of aromatic carboxylic acids is 1. The van der Waals surface area contributed by atoms with Crippen molar-refractivity contribution >= 4 is 72.8 Å². The van der Waals surface area contributed by atoms with E-state index >= 15 is 0 Å². The molecule has 5 aliphatic rings. The van der Waals surface area contributed by atoms with Gasteiger partial charge in [0.15, 0.2) is 10.8 Å². The highest BCUT2D eigenvalue weighted by atomic mass is 32.1. The highest BCUT2D eigenvalue weighted by Crippen LogP contribution is 2.40. The molecule has 7 aromatic rings. The molecule has 6 heterocycles. The molecule has 76 heavy (non-hydrogen) atoms. The van der Waals surface area contributed by atoms with Crippen LogP contribution in [-0.2, 0) is 34.3 Å². The molecule has 3 aliphatic heterocycles. The van der Waals surface area contributed by atoms with E-state index in [0.717, 1.165) is 132 Å². The van der Waals surface area contributed by atoms with Crippen molar-refractivity contribution in [3.63, 3.8) is 0 Å². The number of thiazole rings is 1. The fourth-order valence-corrected chi connectivity index (χ4v) is 13.1. The fourth-order valence-electron chi connectivity index (χ4n) is 12.3. The van der Waals surface area contributed by atoms with E-state index in [2.05, 4.69) is 37.6 Å². The number of benzene rings is 4. The summed E-state index contributed by atoms with van der Waals surface area (Å²) in [5, 5.41) is 22.4. The van der Waals surface area contributed by atoms with Crippen molar-refractivity contribution in [1.82, 2.24) is 30.0 Å². The standard InChI is InChI=1S/C59H63N9O7S/c1-35-41(42-20-22-51(61-54(42)58(72)73)68-27-25-37-8-5-10-43(46(37)34-68)56(70)63-59-60-47-12-3-4-15-50(47)76-59)9-7-14-49(35)75-39-18-16-38(17-19-39)74-40-32-36(33-40)24-26-66-28-30-67(31-29-66)48-13-6-11-44-53(64-65(2)55(44)48)45-21-23-52(69)62-57(45)71/h3-15,20,22,36,38-40,45H,16-19,21,23-34H2,1-2H3,(H,72,73)(H,60,63,70)(H,62,69,71). The number of fused-ring (bicyclic) bond motifs is 3. The Labute approximate surface area is 445 Å². The van der Waals surface area contributed by atoms with Crippen LogP contribution in [0.15, 0.2) is 91.0 Å². The molecule has 1 unspecified atom stereocenters. The van der Waals surface area contributed by atoms with E-state index in [1.54, 1.807) is 0 Å². The van der Waals surface area contributed by atoms with Crippen molar-refractivity contribution in [1.29, 1.82) is 0 Å². The number of carbonyl (C=O) groups is 4. The van der Waals surface area contributed by atoms with Gasteiger partial charge in [-0.2, -0.15) is 5.10 Å². The molecule has 0 bridgehead atoms. The van der Waals surface area contributed by atoms with Crippen LogP contribution in [0.2, 0.25) is 0 Å². The van der Waals surface area contributed by atoms with Crippen LogP contribution < -0.4 is 25.2 Å². The number of piperazine rings is 1. The number of carboxylic acid groups (broad SMARTS) is 1. The van der Waals surface area contributed by atoms with Crippen LogP contribution in [0.5, 0.6) is 5.75 Å². The third kappa shape index (κ3) is 10.0. The van der Waals surface area contributed by atoms with Gasteiger partial charge in [0.2, 0.25) is 11.8 Å². The maximum absolute atomic E-state index is 13.7. The first kappa shape index (κ1) is 49.7. The molecule has 392 valence electrons. The maximum Gasteiger partial charge on any atom is 0.355 e. The molecule has 12 rings (SSSR count). The van der Waals surface area contributed by atoms with E-state index in [4.69, 9.17) is 19.6 Å². The minimum Gasteiger partial charge on any atom is -0.490 e. The third-order valence-corrected chi connectivity index (χ3v) is 17.5. The number of hydrogen-bond acceptors (Lipinski definition) is 13. The van der Waals surface area contributed by atoms with Crippen LogP contribution in [0.3, 0.4) is 0 Å². The van der Waals surface area contributed by atoms with E-state index in [-0.39, 0.29) is 35.6 Å². The van der Waals surface area contributed by atoms with Crippen LogP contribution in [0.4, 0.5) is 16.6 Å². The van der Waals surface area contributed by atoms with Crippen LogP contribution in [0, 0.1) is 12.8 Å². The van der Waals surface area contributed by atoms with Crippen molar-refractivity contribution < 1.29 is 33.8 Å². The third-order valence-electron chi connectivity index (χ3n) is 16.5. The van der Waals surface area contributed by atoms with Crippen LogP contribution >= 0.6 is 11.3 Å². The van der Waals surface area contributed by atoms with E-state index in [1.165, 1.54) is 17.8 Å². The van der Waals surface area contributed by atoms with Gasteiger partial charge in [-0.1, -0.05) is 59.9 Å². The molecule has 3 aromatic heterocycles. The van der Waals surface area contributed by atoms with Crippen molar-refractivity contribution in [2.24, 2.45) is 13.0 Å². The molecular weight excluding hydrogens is 979 g/mol. The molecule has 17 heteroatoms. The monoisotopic (exact) mass is 1040 g/mol. The highest BCUT2D eigenvalue weighted by Gasteiger charge is 2.36. The second-order valence-corrected chi connectivity index (χ2v) is 22.3. The number of rotatable bonds is 14. The zero-order valence-corrected chi connectivity index (χ0v) is 43.8. The first-order valence-electron chi connectivity index (χ1n) is 26.9. The number of aryl methyl sites for hydroxylation is 1. The Morgan fingerprint density at radius 3 is 2.39 bits per heavy atom. The number of nitrogens with one attached hydrogen (secondary N) is 2. The minimum atomic E-state index is -1.11. The number of anilines is 3. The van der Waals surface area contributed by atoms with E-state index in [9.17, 15) is 24.3 Å². The number of carboxylic acids is 1. The lowest BCUT2D eigenvalue weighted by Crippen LogP contribution is -2.47. The lowest BCUT2D eigenvalue weighted by Gasteiger charge is -2.41. The predicted molar refractivity (Wildman–Crippen MR) is 294 cm³/mol. The van der Waals surface area contributed by atoms with Crippen molar-refractivity contribution in [3.05, 3.63) is 125 Å². The Balaban J connectivity index is 0.603. The van der Waals surface area contributed by atoms with Gasteiger partial charge in [-0.05, 0) is 142 Å². The summed E-state index contributed by atoms with van der Waals surface area (Å²) < 4.78 is 16.2. The Hall–Kier alpha value is -7.21. The Kier molecular flexibility index (Phi) is 13.8. The van der Waals surface area contributed by atoms with Gasteiger partial charge in [0.05, 0.1) is 51.3 Å². The lowest BCUT2D eigenvalue weighted by atomic mass is 9.79. The first-order valence-corrected chi connectivity index (χ1v) is 27.8. The van der Waals surface area contributed by atoms with Gasteiger partial charge in [0.25, 0.3) is 5.91 Å². The molecule has 2 aliphatic carbocycles. The SMILES string of the molecule is Cc1c(OC2CCC(OC3CC(CCN4CCN(c5cccc6c(C7CCC(=O)NC7=O)nn(C)c56)CC4)C3)CC2)cccc1-c1ccc(N2CCc3cccc(C(=O)Nc4nc5ccccc5s4)c3C2)nc1C(=O)O. The Morgan fingerprint density at radius 2 is 1.59 bits per heavy atom. The van der Waals surface area contributed by atoms with Crippen LogP contribution in [0.25, 0.3) is 32.2 Å². The number of hydrogen-bond donors (Lipinski definition) is 3. The molecule has 2 saturated heterocycles. The molecule has 16 nitrogen and oxygen atoms in total. The van der Waals surface area contributed by atoms with Gasteiger partial charge in [0, 0.05) is 69.3 Å². The Bertz CT molecular complexity index is 3340. The van der Waals surface area contributed by atoms with Gasteiger partial charge < -0.3 is 24.4 Å². The molecule has 1 atom stereocenters. The number of piperidine rings is 1. The normalized spacial score (nSPS) is 22.1. The van der Waals surface area contributed by atoms with E-state index in [0.29, 0.717) is 66.5 Å². The summed E-state index contributed by atoms with van der Waals surface area (Å²) in [6.45, 7) is 7.98. The summed E-state index contributed by atoms with van der Waals surface area (Å²) in [6, 6.07) is 29.4. The number of ether oxygens (including phenoxy) is 2. The molecule has 0 spiro atoms. The number of aromatic nitrogens is 4. The second-order valence-electron chi connectivity index (χ2n) is 21.3. The van der Waals surface area contributed by atoms with E-state index < -0.39 is 11.9 Å². The molecule has 4 aromatic carbocycles. The van der Waals surface area contributed by atoms with Crippen LogP contribution in [0.1, 0.15) is 107 Å². The topological polar surface area (TPSA) is 184 Å². The van der Waals surface area contributed by atoms with Gasteiger partial charge in [-0.15, -0.1) is 0 Å². The number of pyridine rings is 1. The van der Waals surface area contributed by atoms with Crippen LogP contribution in [-0.4, -0.2) is 111 Å². The zero-order chi connectivity index (χ0) is 52.0. The average molecular weight is 1040 g/mol. The van der Waals surface area contributed by atoms with Gasteiger partial charge in [-0.25, -0.2) is 14.8 Å². The maximum atomic E-state index is 13.7. The quantitative estimate of drug-likeness (QED) is 0.0877. The minimum absolute atomic E-state index is 0.0271. The Morgan fingerprint density at radius 1 is 0.803 bits per heavy atom. The summed E-state index contributed by atoms with van der Waals surface area (Å²) in [5.41, 5.74) is 8.47. The molecule has 0 radical (unpaired) electrons. The summed E-state index contributed by atoms with van der Waals surface area (Å²) >= 11 is 1.44. The molecule has 3 N–H and O–H groups in total. The van der Waals surface area contributed by atoms with E-state index in [1.807, 2.05) is 102 Å². The van der Waals surface area contributed by atoms with Gasteiger partial charge >= 0.3 is 5.97 Å². The predicted octanol–water partition coefficient (Wildman–Crippen LogP) is 9.28. The van der Waals surface area contributed by atoms with Crippen molar-refractivity contribution in [2.45, 2.75) is 102 Å². The second kappa shape index (κ2) is 21.1. The lowest BCUT2D eigenvalue weighted by molar-refractivity contribution is -0.134. The van der Waals surface area contributed by atoms with Crippen molar-refractivity contribution in [2.75, 3.05) is 54.4 Å². The summed E-state index contributed by atoms with van der Waals surface area (Å²) in [6.07, 6.45) is 9.22. The smallest absolute Gasteiger partial charge is 0.355 e. The van der Waals surface area contributed by atoms with Gasteiger partial charge in [-0.3, -0.25) is 34.6 Å². The number of nitrogens with zero attached hydrogens (tertiary/aromatic N) is 7. The number of amides is 3. The van der Waals surface area contributed by atoms with Gasteiger partial charge in [0.1, 0.15) is 11.6 Å². The zero-order valence-electron chi connectivity index (χ0n) is 43.0. The molecular formula is C59H63N9O7S. The molecule has 3 amide bonds. The summed E-state index contributed by atoms with van der Waals surface area (Å²) in [7, 11) is 1.94. The largest absolute Gasteiger partial charge is 0.490 e. The van der Waals surface area contributed by atoms with Crippen molar-refractivity contribution in [3.8, 4) is 16.9 Å². The highest BCUT2D eigenvalue weighted by molar-refractivity contribution is 7.22. The number of carbonyl (C=O) groups excluding carboxylic acids is 3. The first-order chi connectivity index (χ1) is 37.0. The molecule has 2 saturated carbocycles. The average Bonchev–Trinajstić information content (AvgIpc) is 4.00. The summed E-state index contributed by atoms with van der Waals surface area (Å²) in [4.78, 5) is 67.5.